The van der Waals surface area contributed by atoms with Crippen LogP contribution in [0.4, 0.5) is 13.2 Å². The van der Waals surface area contributed by atoms with Crippen molar-refractivity contribution in [1.82, 2.24) is 10.6 Å². The summed E-state index contributed by atoms with van der Waals surface area (Å²) >= 11 is 0. The predicted molar refractivity (Wildman–Crippen MR) is 105 cm³/mol. The molecular weight excluding hydrogens is 387 g/mol. The predicted octanol–water partition coefficient (Wildman–Crippen LogP) is 2.61. The molecule has 1 atom stereocenters. The Balaban J connectivity index is 1.87. The molecule has 0 radical (unpaired) electrons. The smallest absolute Gasteiger partial charge is 0.396 e. The number of guanidine groups is 1. The van der Waals surface area contributed by atoms with Crippen molar-refractivity contribution in [3.63, 3.8) is 0 Å². The Kier molecular flexibility index (Phi) is 9.19. The van der Waals surface area contributed by atoms with Gasteiger partial charge in [0.15, 0.2) is 5.96 Å². The normalized spacial score (nSPS) is 20.1. The third-order valence-electron chi connectivity index (χ3n) is 4.78. The van der Waals surface area contributed by atoms with Crippen LogP contribution in [0.15, 0.2) is 29.3 Å². The summed E-state index contributed by atoms with van der Waals surface area (Å²) in [6, 6.07) is 7.15. The fourth-order valence-corrected chi connectivity index (χ4v) is 3.12. The second-order valence-corrected chi connectivity index (χ2v) is 7.25. The largest absolute Gasteiger partial charge is 0.411 e. The van der Waals surface area contributed by atoms with Gasteiger partial charge in [0.2, 0.25) is 0 Å². The highest BCUT2D eigenvalue weighted by Gasteiger charge is 2.34. The highest BCUT2D eigenvalue weighted by Crippen LogP contribution is 2.31. The maximum atomic E-state index is 12.1. The van der Waals surface area contributed by atoms with Crippen molar-refractivity contribution < 1.29 is 27.8 Å². The highest BCUT2D eigenvalue weighted by atomic mass is 19.4. The third-order valence-corrected chi connectivity index (χ3v) is 4.78. The molecule has 29 heavy (non-hydrogen) atoms. The number of aliphatic hydroxyl groups is 1. The minimum atomic E-state index is -4.31. The molecule has 164 valence electrons. The van der Waals surface area contributed by atoms with Gasteiger partial charge in [-0.1, -0.05) is 24.3 Å². The lowest BCUT2D eigenvalue weighted by Crippen LogP contribution is -2.44. The molecule has 6 nitrogen and oxygen atoms in total. The zero-order chi connectivity index (χ0) is 21.2. The molecule has 0 spiro atoms. The lowest BCUT2D eigenvalue weighted by molar-refractivity contribution is -0.176. The Morgan fingerprint density at radius 2 is 1.97 bits per heavy atom. The van der Waals surface area contributed by atoms with Gasteiger partial charge in [0.05, 0.1) is 19.8 Å². The average molecular weight is 417 g/mol. The van der Waals surface area contributed by atoms with Crippen molar-refractivity contribution in [2.45, 2.75) is 39.1 Å². The molecule has 0 aromatic heterocycles. The second kappa shape index (κ2) is 11.4. The molecule has 1 fully saturated rings. The summed E-state index contributed by atoms with van der Waals surface area (Å²) in [7, 11) is 0. The van der Waals surface area contributed by atoms with Crippen molar-refractivity contribution in [1.29, 1.82) is 0 Å². The first-order valence-electron chi connectivity index (χ1n) is 9.79. The molecule has 1 aromatic rings. The van der Waals surface area contributed by atoms with Crippen molar-refractivity contribution in [3.8, 4) is 0 Å². The van der Waals surface area contributed by atoms with Crippen molar-refractivity contribution >= 4 is 5.96 Å². The van der Waals surface area contributed by atoms with Crippen molar-refractivity contribution in [2.24, 2.45) is 10.4 Å². The van der Waals surface area contributed by atoms with Crippen molar-refractivity contribution in [3.05, 3.63) is 35.4 Å². The van der Waals surface area contributed by atoms with E-state index in [-0.39, 0.29) is 18.6 Å². The number of hydrogen-bond donors (Lipinski definition) is 3. The van der Waals surface area contributed by atoms with Crippen LogP contribution in [-0.2, 0) is 22.6 Å². The van der Waals surface area contributed by atoms with Crippen molar-refractivity contribution in [2.75, 3.05) is 39.5 Å². The Morgan fingerprint density at radius 3 is 2.55 bits per heavy atom. The van der Waals surface area contributed by atoms with Gasteiger partial charge in [-0.2, -0.15) is 13.2 Å². The molecule has 0 aliphatic carbocycles. The molecule has 1 aliphatic heterocycles. The van der Waals surface area contributed by atoms with Gasteiger partial charge in [-0.3, -0.25) is 0 Å². The Bertz CT molecular complexity index is 630. The van der Waals surface area contributed by atoms with E-state index in [2.05, 4.69) is 20.4 Å². The number of alkyl halides is 3. The van der Waals surface area contributed by atoms with E-state index in [4.69, 9.17) is 4.74 Å². The standard InChI is InChI=1S/C20H30F3N3O3/c1-2-24-18(26-13-19(7-9-27)8-10-28-14-19)25-11-16-3-5-17(6-4-16)12-29-15-20(21,22)23/h3-6,27H,2,7-15H2,1H3,(H2,24,25,26). The first-order valence-corrected chi connectivity index (χ1v) is 9.79. The van der Waals surface area contributed by atoms with Gasteiger partial charge < -0.3 is 25.2 Å². The average Bonchev–Trinajstić information content (AvgIpc) is 3.13. The van der Waals surface area contributed by atoms with E-state index in [1.54, 1.807) is 12.1 Å². The van der Waals surface area contributed by atoms with Crippen LogP contribution in [0, 0.1) is 5.41 Å². The molecule has 2 rings (SSSR count). The van der Waals surface area contributed by atoms with Crippen LogP contribution in [0.25, 0.3) is 0 Å². The number of aliphatic hydroxyl groups excluding tert-OH is 1. The van der Waals surface area contributed by atoms with Gasteiger partial charge in [0, 0.05) is 31.7 Å². The number of halogens is 3. The Labute approximate surface area is 169 Å². The van der Waals surface area contributed by atoms with Gasteiger partial charge in [0.1, 0.15) is 6.61 Å². The van der Waals surface area contributed by atoms with Crippen LogP contribution in [0.5, 0.6) is 0 Å². The van der Waals surface area contributed by atoms with E-state index in [1.165, 1.54) is 0 Å². The van der Waals surface area contributed by atoms with Crippen LogP contribution >= 0.6 is 0 Å². The van der Waals surface area contributed by atoms with Crippen LogP contribution in [0.1, 0.15) is 30.9 Å². The van der Waals surface area contributed by atoms with Gasteiger partial charge in [0.25, 0.3) is 0 Å². The van der Waals surface area contributed by atoms with Crippen LogP contribution in [0.2, 0.25) is 0 Å². The maximum Gasteiger partial charge on any atom is 0.411 e. The number of nitrogens with zero attached hydrogens (tertiary/aromatic N) is 1. The van der Waals surface area contributed by atoms with Crippen LogP contribution in [-0.4, -0.2) is 56.8 Å². The number of rotatable bonds is 10. The maximum absolute atomic E-state index is 12.1. The summed E-state index contributed by atoms with van der Waals surface area (Å²) in [6.45, 7) is 3.91. The molecule has 9 heteroatoms. The minimum Gasteiger partial charge on any atom is -0.396 e. The van der Waals surface area contributed by atoms with E-state index in [1.807, 2.05) is 19.1 Å². The zero-order valence-corrected chi connectivity index (χ0v) is 16.7. The van der Waals surface area contributed by atoms with E-state index in [9.17, 15) is 18.3 Å². The van der Waals surface area contributed by atoms with E-state index in [0.717, 1.165) is 12.0 Å². The molecule has 1 saturated heterocycles. The number of nitrogens with one attached hydrogen (secondary N) is 2. The zero-order valence-electron chi connectivity index (χ0n) is 16.7. The molecule has 0 saturated carbocycles. The first-order chi connectivity index (χ1) is 13.9. The van der Waals surface area contributed by atoms with E-state index in [0.29, 0.717) is 50.8 Å². The fraction of sp³-hybridized carbons (Fsp3) is 0.650. The van der Waals surface area contributed by atoms with Gasteiger partial charge in [-0.15, -0.1) is 0 Å². The molecular formula is C20H30F3N3O3. The third kappa shape index (κ3) is 8.59. The fourth-order valence-electron chi connectivity index (χ4n) is 3.12. The van der Waals surface area contributed by atoms with Crippen LogP contribution < -0.4 is 10.6 Å². The monoisotopic (exact) mass is 417 g/mol. The molecule has 3 N–H and O–H groups in total. The summed E-state index contributed by atoms with van der Waals surface area (Å²) < 4.78 is 46.5. The molecule has 0 bridgehead atoms. The SMILES string of the molecule is CCNC(=NCc1ccc(COCC(F)(F)F)cc1)NCC1(CCO)CCOC1. The van der Waals surface area contributed by atoms with Crippen LogP contribution in [0.3, 0.4) is 0 Å². The number of aliphatic imine (C=N–C) groups is 1. The van der Waals surface area contributed by atoms with E-state index < -0.39 is 12.8 Å². The molecule has 0 amide bonds. The van der Waals surface area contributed by atoms with Gasteiger partial charge in [-0.05, 0) is 30.9 Å². The molecule has 1 aliphatic rings. The molecule has 1 aromatic carbocycles. The Hall–Kier alpha value is -1.84. The summed E-state index contributed by atoms with van der Waals surface area (Å²) in [5.41, 5.74) is 1.54. The summed E-state index contributed by atoms with van der Waals surface area (Å²) in [6.07, 6.45) is -2.74. The number of ether oxygens (including phenoxy) is 2. The first kappa shape index (κ1) is 23.4. The second-order valence-electron chi connectivity index (χ2n) is 7.25. The summed E-state index contributed by atoms with van der Waals surface area (Å²) in [5.74, 6) is 0.675. The molecule has 1 heterocycles. The highest BCUT2D eigenvalue weighted by molar-refractivity contribution is 5.79. The van der Waals surface area contributed by atoms with Gasteiger partial charge in [-0.25, -0.2) is 4.99 Å². The topological polar surface area (TPSA) is 75.1 Å². The number of hydrogen-bond acceptors (Lipinski definition) is 4. The number of benzene rings is 1. The summed E-state index contributed by atoms with van der Waals surface area (Å²) in [4.78, 5) is 4.57. The quantitative estimate of drug-likeness (QED) is 0.403. The summed E-state index contributed by atoms with van der Waals surface area (Å²) in [5, 5.41) is 15.9. The van der Waals surface area contributed by atoms with E-state index >= 15 is 0 Å². The molecule has 1 unspecified atom stereocenters. The lowest BCUT2D eigenvalue weighted by atomic mass is 9.84. The minimum absolute atomic E-state index is 0.0804. The lowest BCUT2D eigenvalue weighted by Gasteiger charge is -2.27. The Morgan fingerprint density at radius 1 is 1.24 bits per heavy atom. The van der Waals surface area contributed by atoms with Gasteiger partial charge >= 0.3 is 6.18 Å².